The van der Waals surface area contributed by atoms with E-state index >= 15 is 0 Å². The fourth-order valence-electron chi connectivity index (χ4n) is 2.73. The number of rotatable bonds is 3. The lowest BCUT2D eigenvalue weighted by atomic mass is 10.0. The van der Waals surface area contributed by atoms with Crippen LogP contribution in [-0.2, 0) is 6.54 Å². The van der Waals surface area contributed by atoms with E-state index in [2.05, 4.69) is 47.0 Å². The van der Waals surface area contributed by atoms with E-state index < -0.39 is 0 Å². The summed E-state index contributed by atoms with van der Waals surface area (Å²) in [6.07, 6.45) is 4.25. The van der Waals surface area contributed by atoms with Gasteiger partial charge in [-0.25, -0.2) is 0 Å². The molecular formula is C14H20N4. The Bertz CT molecular complexity index is 412. The highest BCUT2D eigenvalue weighted by atomic mass is 15.3. The van der Waals surface area contributed by atoms with Crippen molar-refractivity contribution in [3.8, 4) is 6.07 Å². The quantitative estimate of drug-likeness (QED) is 0.808. The monoisotopic (exact) mass is 244 g/mol. The lowest BCUT2D eigenvalue weighted by Gasteiger charge is -2.44. The van der Waals surface area contributed by atoms with Crippen molar-refractivity contribution >= 4 is 0 Å². The molecule has 4 heteroatoms. The Morgan fingerprint density at radius 2 is 2.11 bits per heavy atom. The Morgan fingerprint density at radius 3 is 2.78 bits per heavy atom. The molecule has 96 valence electrons. The van der Waals surface area contributed by atoms with Crippen molar-refractivity contribution in [1.29, 1.82) is 5.26 Å². The van der Waals surface area contributed by atoms with Gasteiger partial charge in [0, 0.05) is 44.1 Å². The second kappa shape index (κ2) is 5.94. The van der Waals surface area contributed by atoms with Crippen LogP contribution in [0.4, 0.5) is 0 Å². The number of pyridine rings is 1. The molecule has 0 saturated carbocycles. The largest absolute Gasteiger partial charge is 0.303 e. The van der Waals surface area contributed by atoms with E-state index in [1.807, 2.05) is 12.4 Å². The van der Waals surface area contributed by atoms with Crippen LogP contribution in [-0.4, -0.2) is 47.0 Å². The lowest BCUT2D eigenvalue weighted by molar-refractivity contribution is 0.0391. The van der Waals surface area contributed by atoms with Crippen molar-refractivity contribution in [2.24, 2.45) is 0 Å². The van der Waals surface area contributed by atoms with Gasteiger partial charge in [-0.1, -0.05) is 0 Å². The second-order valence-corrected chi connectivity index (χ2v) is 5.11. The summed E-state index contributed by atoms with van der Waals surface area (Å²) in [5.41, 5.74) is 1.27. The number of hydrogen-bond acceptors (Lipinski definition) is 4. The van der Waals surface area contributed by atoms with E-state index in [4.69, 9.17) is 5.26 Å². The molecule has 1 aliphatic rings. The van der Waals surface area contributed by atoms with Crippen LogP contribution in [0.25, 0.3) is 0 Å². The molecule has 1 aromatic rings. The van der Waals surface area contributed by atoms with Crippen molar-refractivity contribution in [3.63, 3.8) is 0 Å². The third-order valence-corrected chi connectivity index (χ3v) is 3.57. The van der Waals surface area contributed by atoms with Crippen LogP contribution in [0.15, 0.2) is 24.5 Å². The molecule has 18 heavy (non-hydrogen) atoms. The van der Waals surface area contributed by atoms with Crippen molar-refractivity contribution in [2.45, 2.75) is 32.0 Å². The molecule has 0 aromatic carbocycles. The minimum absolute atomic E-state index is 0.330. The zero-order valence-corrected chi connectivity index (χ0v) is 11.1. The summed E-state index contributed by atoms with van der Waals surface area (Å²) in [6, 6.07) is 7.23. The Balaban J connectivity index is 2.10. The van der Waals surface area contributed by atoms with Gasteiger partial charge in [0.1, 0.15) is 0 Å². The number of nitriles is 1. The summed E-state index contributed by atoms with van der Waals surface area (Å²) in [5, 5.41) is 8.97. The van der Waals surface area contributed by atoms with Crippen LogP contribution in [0.1, 0.15) is 18.9 Å². The van der Waals surface area contributed by atoms with E-state index in [1.54, 1.807) is 0 Å². The molecule has 0 radical (unpaired) electrons. The average Bonchev–Trinajstić information content (AvgIpc) is 2.35. The number of hydrogen-bond donors (Lipinski definition) is 0. The lowest BCUT2D eigenvalue weighted by Crippen LogP contribution is -2.55. The highest BCUT2D eigenvalue weighted by Crippen LogP contribution is 2.19. The summed E-state index contributed by atoms with van der Waals surface area (Å²) in [5.74, 6) is 0. The van der Waals surface area contributed by atoms with Gasteiger partial charge in [-0.15, -0.1) is 0 Å². The van der Waals surface area contributed by atoms with Crippen molar-refractivity contribution in [1.82, 2.24) is 14.8 Å². The first kappa shape index (κ1) is 13.0. The van der Waals surface area contributed by atoms with Gasteiger partial charge in [-0.3, -0.25) is 9.88 Å². The van der Waals surface area contributed by atoms with E-state index in [0.717, 1.165) is 19.6 Å². The van der Waals surface area contributed by atoms with Gasteiger partial charge >= 0.3 is 0 Å². The highest BCUT2D eigenvalue weighted by Gasteiger charge is 2.30. The Morgan fingerprint density at radius 1 is 1.39 bits per heavy atom. The number of likely N-dealkylation sites (N-methyl/N-ethyl adjacent to an activating group) is 1. The fraction of sp³-hybridized carbons (Fsp3) is 0.571. The first-order valence-corrected chi connectivity index (χ1v) is 6.41. The predicted octanol–water partition coefficient (Wildman–Crippen LogP) is 1.50. The molecule has 1 saturated heterocycles. The van der Waals surface area contributed by atoms with E-state index in [-0.39, 0.29) is 0 Å². The molecule has 4 nitrogen and oxygen atoms in total. The van der Waals surface area contributed by atoms with Crippen molar-refractivity contribution in [3.05, 3.63) is 30.1 Å². The van der Waals surface area contributed by atoms with Crippen molar-refractivity contribution < 1.29 is 0 Å². The molecule has 1 aliphatic heterocycles. The molecule has 2 unspecified atom stereocenters. The van der Waals surface area contributed by atoms with Crippen LogP contribution in [0.3, 0.4) is 0 Å². The molecule has 2 atom stereocenters. The molecular weight excluding hydrogens is 224 g/mol. The average molecular weight is 244 g/mol. The van der Waals surface area contributed by atoms with Crippen LogP contribution >= 0.6 is 0 Å². The Kier molecular flexibility index (Phi) is 4.29. The van der Waals surface area contributed by atoms with Gasteiger partial charge in [-0.2, -0.15) is 5.26 Å². The van der Waals surface area contributed by atoms with E-state index in [9.17, 15) is 0 Å². The second-order valence-electron chi connectivity index (χ2n) is 5.11. The summed E-state index contributed by atoms with van der Waals surface area (Å²) in [4.78, 5) is 8.80. The molecule has 1 fully saturated rings. The SMILES string of the molecule is CC1CN(C)CC(CC#N)N1Cc1ccncc1. The van der Waals surface area contributed by atoms with Crippen LogP contribution in [0.2, 0.25) is 0 Å². The van der Waals surface area contributed by atoms with E-state index in [0.29, 0.717) is 18.5 Å². The summed E-state index contributed by atoms with van der Waals surface area (Å²) in [7, 11) is 2.13. The smallest absolute Gasteiger partial charge is 0.0638 e. The highest BCUT2D eigenvalue weighted by molar-refractivity contribution is 5.10. The molecule has 0 bridgehead atoms. The third kappa shape index (κ3) is 3.06. The fourth-order valence-corrected chi connectivity index (χ4v) is 2.73. The standard InChI is InChI=1S/C14H20N4/c1-12-9-17(2)11-14(3-6-15)18(12)10-13-4-7-16-8-5-13/h4-5,7-8,12,14H,3,9-11H2,1-2H3. The van der Waals surface area contributed by atoms with Crippen molar-refractivity contribution in [2.75, 3.05) is 20.1 Å². The van der Waals surface area contributed by atoms with Crippen LogP contribution in [0.5, 0.6) is 0 Å². The third-order valence-electron chi connectivity index (χ3n) is 3.57. The molecule has 0 aliphatic carbocycles. The molecule has 2 heterocycles. The van der Waals surface area contributed by atoms with Gasteiger partial charge in [-0.05, 0) is 31.7 Å². The maximum absolute atomic E-state index is 8.97. The summed E-state index contributed by atoms with van der Waals surface area (Å²) >= 11 is 0. The summed E-state index contributed by atoms with van der Waals surface area (Å²) < 4.78 is 0. The molecule has 0 amide bonds. The number of piperazine rings is 1. The molecule has 2 rings (SSSR count). The Labute approximate surface area is 109 Å². The van der Waals surface area contributed by atoms with Gasteiger partial charge in [0.25, 0.3) is 0 Å². The minimum atomic E-state index is 0.330. The first-order valence-electron chi connectivity index (χ1n) is 6.41. The normalized spacial score (nSPS) is 25.8. The van der Waals surface area contributed by atoms with Gasteiger partial charge in [0.05, 0.1) is 12.5 Å². The molecule has 0 N–H and O–H groups in total. The topological polar surface area (TPSA) is 43.2 Å². The maximum atomic E-state index is 8.97. The Hall–Kier alpha value is -1.44. The number of nitrogens with zero attached hydrogens (tertiary/aromatic N) is 4. The van der Waals surface area contributed by atoms with Gasteiger partial charge in [0.2, 0.25) is 0 Å². The molecule has 1 aromatic heterocycles. The van der Waals surface area contributed by atoms with Crippen LogP contribution < -0.4 is 0 Å². The van der Waals surface area contributed by atoms with Gasteiger partial charge in [0.15, 0.2) is 0 Å². The van der Waals surface area contributed by atoms with Gasteiger partial charge < -0.3 is 4.90 Å². The minimum Gasteiger partial charge on any atom is -0.303 e. The zero-order valence-electron chi connectivity index (χ0n) is 11.1. The van der Waals surface area contributed by atoms with E-state index in [1.165, 1.54) is 5.56 Å². The molecule has 0 spiro atoms. The zero-order chi connectivity index (χ0) is 13.0. The first-order chi connectivity index (χ1) is 8.70. The maximum Gasteiger partial charge on any atom is 0.0638 e. The van der Waals surface area contributed by atoms with Crippen LogP contribution in [0, 0.1) is 11.3 Å². The number of aromatic nitrogens is 1. The predicted molar refractivity (Wildman–Crippen MR) is 70.8 cm³/mol. The summed E-state index contributed by atoms with van der Waals surface area (Å²) in [6.45, 7) is 5.18.